The number of aryl methyl sites for hydroxylation is 1. The Hall–Kier alpha value is -2.87. The maximum Gasteiger partial charge on any atom is 0.252 e. The van der Waals surface area contributed by atoms with Crippen molar-refractivity contribution in [2.75, 3.05) is 13.1 Å². The monoisotopic (exact) mass is 494 g/mol. The molecule has 5 nitrogen and oxygen atoms in total. The zero-order chi connectivity index (χ0) is 20.0. The Morgan fingerprint density at radius 2 is 1.93 bits per heavy atom. The molecule has 3 heterocycles. The zero-order valence-electron chi connectivity index (χ0n) is 15.9. The van der Waals surface area contributed by atoms with Crippen LogP contribution in [0.2, 0.25) is 0 Å². The number of aromatic nitrogens is 2. The highest BCUT2D eigenvalue weighted by atomic mass is 127. The molecule has 0 radical (unpaired) electrons. The molecule has 1 amide bonds. The van der Waals surface area contributed by atoms with Gasteiger partial charge in [-0.1, -0.05) is 12.1 Å². The molecule has 144 valence electrons. The molecule has 0 fully saturated rings. The number of amides is 1. The third-order valence-electron chi connectivity index (χ3n) is 5.25. The van der Waals surface area contributed by atoms with Crippen molar-refractivity contribution in [1.29, 1.82) is 0 Å². The van der Waals surface area contributed by atoms with Crippen LogP contribution in [-0.4, -0.2) is 28.5 Å². The number of nitrogens with one attached hydrogen (secondary N) is 2. The van der Waals surface area contributed by atoms with Crippen LogP contribution >= 0.6 is 22.6 Å². The highest BCUT2D eigenvalue weighted by Gasteiger charge is 2.17. The van der Waals surface area contributed by atoms with Crippen molar-refractivity contribution in [3.8, 4) is 11.3 Å². The first-order valence-corrected chi connectivity index (χ1v) is 10.6. The minimum atomic E-state index is -0.0800. The average molecular weight is 494 g/mol. The van der Waals surface area contributed by atoms with Crippen molar-refractivity contribution in [2.24, 2.45) is 7.05 Å². The van der Waals surface area contributed by atoms with Crippen molar-refractivity contribution in [3.05, 3.63) is 69.6 Å². The van der Waals surface area contributed by atoms with Crippen molar-refractivity contribution >= 4 is 56.4 Å². The first kappa shape index (κ1) is 18.2. The topological polar surface area (TPSA) is 59.0 Å². The van der Waals surface area contributed by atoms with E-state index in [2.05, 4.69) is 62.2 Å². The van der Waals surface area contributed by atoms with E-state index in [0.717, 1.165) is 42.2 Å². The van der Waals surface area contributed by atoms with E-state index in [0.29, 0.717) is 18.7 Å². The number of rotatable bonds is 0. The van der Waals surface area contributed by atoms with E-state index in [4.69, 9.17) is 4.98 Å². The summed E-state index contributed by atoms with van der Waals surface area (Å²) >= 11 is 2.28. The molecule has 2 aromatic carbocycles. The molecule has 5 rings (SSSR count). The van der Waals surface area contributed by atoms with Gasteiger partial charge in [-0.3, -0.25) is 4.79 Å². The normalized spacial score (nSPS) is 15.2. The molecule has 1 aliphatic rings. The Labute approximate surface area is 182 Å². The van der Waals surface area contributed by atoms with Crippen molar-refractivity contribution < 1.29 is 4.79 Å². The number of carbonyl (C=O) groups excluding carboxylic acids is 1. The lowest BCUT2D eigenvalue weighted by Crippen LogP contribution is -2.30. The predicted molar refractivity (Wildman–Crippen MR) is 126 cm³/mol. The van der Waals surface area contributed by atoms with Crippen LogP contribution in [0, 0.1) is 3.57 Å². The molecule has 0 saturated carbocycles. The smallest absolute Gasteiger partial charge is 0.252 e. The maximum absolute atomic E-state index is 13.0. The lowest BCUT2D eigenvalue weighted by atomic mass is 10.0. The van der Waals surface area contributed by atoms with Gasteiger partial charge in [0, 0.05) is 51.8 Å². The molecule has 1 aliphatic heterocycles. The number of hydrogen-bond donors (Lipinski definition) is 2. The molecular formula is C23H19IN4O. The van der Waals surface area contributed by atoms with Gasteiger partial charge < -0.3 is 15.2 Å². The van der Waals surface area contributed by atoms with E-state index in [1.54, 1.807) is 0 Å². The number of carbonyl (C=O) groups is 1. The van der Waals surface area contributed by atoms with Gasteiger partial charge in [0.1, 0.15) is 0 Å². The van der Waals surface area contributed by atoms with Gasteiger partial charge >= 0.3 is 0 Å². The Morgan fingerprint density at radius 1 is 1.03 bits per heavy atom. The van der Waals surface area contributed by atoms with Gasteiger partial charge in [-0.2, -0.15) is 0 Å². The number of halogens is 1. The summed E-state index contributed by atoms with van der Waals surface area (Å²) in [6, 6.07) is 14.3. The van der Waals surface area contributed by atoms with Crippen molar-refractivity contribution in [1.82, 2.24) is 20.2 Å². The summed E-state index contributed by atoms with van der Waals surface area (Å²) in [4.78, 5) is 17.9. The van der Waals surface area contributed by atoms with Crippen LogP contribution in [0.15, 0.2) is 54.9 Å². The Balaban J connectivity index is 1.84. The number of hydrogen-bond acceptors (Lipinski definition) is 3. The molecule has 2 N–H and O–H groups in total. The Kier molecular flexibility index (Phi) is 4.50. The molecule has 0 atom stereocenters. The van der Waals surface area contributed by atoms with E-state index in [1.807, 2.05) is 43.6 Å². The lowest BCUT2D eigenvalue weighted by Gasteiger charge is -2.11. The van der Waals surface area contributed by atoms with E-state index in [9.17, 15) is 4.79 Å². The lowest BCUT2D eigenvalue weighted by molar-refractivity contribution is 0.0956. The van der Waals surface area contributed by atoms with Crippen LogP contribution in [0.5, 0.6) is 0 Å². The Bertz CT molecular complexity index is 1310. The summed E-state index contributed by atoms with van der Waals surface area (Å²) in [5, 5.41) is 8.24. The largest absolute Gasteiger partial charge is 0.389 e. The number of pyridine rings is 1. The minimum absolute atomic E-state index is 0.0800. The molecule has 4 aromatic rings. The molecule has 0 saturated heterocycles. The van der Waals surface area contributed by atoms with Crippen LogP contribution in [0.25, 0.3) is 39.1 Å². The van der Waals surface area contributed by atoms with Gasteiger partial charge in [-0.05, 0) is 70.8 Å². The SMILES string of the molecule is Cn1cc2c3cc(ccc31)/C=C\NCCNC(=O)c1cc-2nc2cc(I)ccc12. The highest BCUT2D eigenvalue weighted by Crippen LogP contribution is 2.33. The van der Waals surface area contributed by atoms with Gasteiger partial charge in [-0.25, -0.2) is 4.98 Å². The molecular weight excluding hydrogens is 475 g/mol. The summed E-state index contributed by atoms with van der Waals surface area (Å²) in [5.41, 5.74) is 5.57. The second kappa shape index (κ2) is 7.18. The third-order valence-corrected chi connectivity index (χ3v) is 5.93. The third kappa shape index (κ3) is 3.27. The van der Waals surface area contributed by atoms with Crippen LogP contribution in [0.3, 0.4) is 0 Å². The van der Waals surface area contributed by atoms with E-state index in [-0.39, 0.29) is 5.91 Å². The molecule has 0 spiro atoms. The van der Waals surface area contributed by atoms with Crippen LogP contribution in [0.1, 0.15) is 15.9 Å². The summed E-state index contributed by atoms with van der Waals surface area (Å²) in [5.74, 6) is -0.0800. The second-order valence-electron chi connectivity index (χ2n) is 7.19. The minimum Gasteiger partial charge on any atom is -0.389 e. The zero-order valence-corrected chi connectivity index (χ0v) is 18.0. The van der Waals surface area contributed by atoms with Crippen molar-refractivity contribution in [2.45, 2.75) is 0 Å². The molecule has 4 bridgehead atoms. The molecule has 29 heavy (non-hydrogen) atoms. The van der Waals surface area contributed by atoms with Crippen molar-refractivity contribution in [3.63, 3.8) is 0 Å². The van der Waals surface area contributed by atoms with Crippen LogP contribution < -0.4 is 10.6 Å². The van der Waals surface area contributed by atoms with Gasteiger partial charge in [-0.15, -0.1) is 0 Å². The summed E-state index contributed by atoms with van der Waals surface area (Å²) in [6.45, 7) is 1.21. The van der Waals surface area contributed by atoms with E-state index >= 15 is 0 Å². The number of benzene rings is 2. The van der Waals surface area contributed by atoms with Gasteiger partial charge in [0.25, 0.3) is 5.91 Å². The molecule has 6 heteroatoms. The number of nitrogens with zero attached hydrogens (tertiary/aromatic N) is 2. The fourth-order valence-corrected chi connectivity index (χ4v) is 4.30. The van der Waals surface area contributed by atoms with E-state index < -0.39 is 0 Å². The van der Waals surface area contributed by atoms with Gasteiger partial charge in [0.05, 0.1) is 16.8 Å². The fraction of sp³-hybridized carbons (Fsp3) is 0.130. The summed E-state index contributed by atoms with van der Waals surface area (Å²) < 4.78 is 3.20. The van der Waals surface area contributed by atoms with Crippen LogP contribution in [0.4, 0.5) is 0 Å². The Morgan fingerprint density at radius 3 is 2.83 bits per heavy atom. The quantitative estimate of drug-likeness (QED) is 0.359. The standard InChI is InChI=1S/C23H19IN4O/c1-28-13-19-17-10-14(2-5-22(17)28)6-7-25-8-9-26-23(29)18-12-21(19)27-20-11-15(24)3-4-16(18)20/h2-7,10-13,25H,8-9H2,1H3,(H,26,29)/b7-6-. The molecule has 0 aliphatic carbocycles. The number of fused-ring (bicyclic) bond motifs is 6. The first-order chi connectivity index (χ1) is 14.1. The average Bonchev–Trinajstić information content (AvgIpc) is 3.04. The second-order valence-corrected chi connectivity index (χ2v) is 8.44. The highest BCUT2D eigenvalue weighted by molar-refractivity contribution is 14.1. The molecule has 0 unspecified atom stereocenters. The van der Waals surface area contributed by atoms with Gasteiger partial charge in [0.2, 0.25) is 0 Å². The van der Waals surface area contributed by atoms with E-state index in [1.165, 1.54) is 0 Å². The van der Waals surface area contributed by atoms with Crippen LogP contribution in [-0.2, 0) is 7.05 Å². The maximum atomic E-state index is 13.0. The summed E-state index contributed by atoms with van der Waals surface area (Å²) in [7, 11) is 2.04. The fourth-order valence-electron chi connectivity index (χ4n) is 3.83. The van der Waals surface area contributed by atoms with Gasteiger partial charge in [0.15, 0.2) is 0 Å². The predicted octanol–water partition coefficient (Wildman–Crippen LogP) is 4.30. The molecule has 2 aromatic heterocycles. The summed E-state index contributed by atoms with van der Waals surface area (Å²) in [6.07, 6.45) is 6.06. The first-order valence-electron chi connectivity index (χ1n) is 9.48.